The minimum Gasteiger partial charge on any atom is -0.480 e. The van der Waals surface area contributed by atoms with E-state index < -0.39 is 12.0 Å². The highest BCUT2D eigenvalue weighted by Gasteiger charge is 2.38. The van der Waals surface area contributed by atoms with Gasteiger partial charge >= 0.3 is 5.97 Å². The third kappa shape index (κ3) is 2.90. The lowest BCUT2D eigenvalue weighted by atomic mass is 10.0. The molecule has 0 amide bonds. The third-order valence-electron chi connectivity index (χ3n) is 5.91. The van der Waals surface area contributed by atoms with Crippen LogP contribution in [0.4, 0.5) is 0 Å². The lowest BCUT2D eigenvalue weighted by Gasteiger charge is -2.14. The summed E-state index contributed by atoms with van der Waals surface area (Å²) in [6, 6.07) is 12.3. The van der Waals surface area contributed by atoms with Crippen molar-refractivity contribution >= 4 is 28.6 Å². The lowest BCUT2D eigenvalue weighted by Crippen LogP contribution is -2.29. The number of aromatic nitrogens is 3. The Hall–Kier alpha value is -3.39. The fourth-order valence-corrected chi connectivity index (χ4v) is 5.69. The number of benzene rings is 1. The number of hydrogen-bond donors (Lipinski definition) is 1. The maximum Gasteiger partial charge on any atom is 0.327 e. The lowest BCUT2D eigenvalue weighted by molar-refractivity contribution is -0.140. The van der Waals surface area contributed by atoms with E-state index in [0.717, 1.165) is 45.5 Å². The summed E-state index contributed by atoms with van der Waals surface area (Å²) >= 11 is 1.44. The van der Waals surface area contributed by atoms with E-state index >= 15 is 0 Å². The van der Waals surface area contributed by atoms with E-state index in [1.54, 1.807) is 6.20 Å². The van der Waals surface area contributed by atoms with Crippen molar-refractivity contribution in [2.24, 2.45) is 0 Å². The van der Waals surface area contributed by atoms with Crippen molar-refractivity contribution in [1.29, 1.82) is 0 Å². The van der Waals surface area contributed by atoms with Gasteiger partial charge < -0.3 is 9.63 Å². The van der Waals surface area contributed by atoms with Crippen LogP contribution in [0.1, 0.15) is 30.4 Å². The maximum absolute atomic E-state index is 12.9. The Balaban J connectivity index is 1.51. The van der Waals surface area contributed by atoms with E-state index in [-0.39, 0.29) is 5.56 Å². The van der Waals surface area contributed by atoms with Gasteiger partial charge in [0.25, 0.3) is 5.56 Å². The van der Waals surface area contributed by atoms with Crippen molar-refractivity contribution in [3.8, 4) is 22.6 Å². The molecule has 0 radical (unpaired) electrons. The molecule has 8 heteroatoms. The molecule has 1 saturated carbocycles. The Morgan fingerprint density at radius 1 is 1.16 bits per heavy atom. The van der Waals surface area contributed by atoms with E-state index in [1.807, 2.05) is 36.4 Å². The molecule has 154 valence electrons. The van der Waals surface area contributed by atoms with Gasteiger partial charge in [-0.05, 0) is 36.5 Å². The molecule has 1 aliphatic carbocycles. The number of nitrogens with zero attached hydrogens (tertiary/aromatic N) is 3. The van der Waals surface area contributed by atoms with Gasteiger partial charge in [0, 0.05) is 40.6 Å². The number of carbonyl (C=O) groups is 1. The number of para-hydroxylation sites is 1. The highest BCUT2D eigenvalue weighted by Crippen LogP contribution is 2.50. The summed E-state index contributed by atoms with van der Waals surface area (Å²) in [6.07, 6.45) is 3.78. The Labute approximate surface area is 180 Å². The fraction of sp³-hybridized carbons (Fsp3) is 0.217. The summed E-state index contributed by atoms with van der Waals surface area (Å²) in [5.41, 5.74) is 3.86. The molecule has 2 aliphatic rings. The van der Waals surface area contributed by atoms with Gasteiger partial charge in [-0.1, -0.05) is 23.4 Å². The van der Waals surface area contributed by atoms with E-state index in [1.165, 1.54) is 22.4 Å². The first kappa shape index (κ1) is 18.4. The molecule has 6 rings (SSSR count). The zero-order valence-corrected chi connectivity index (χ0v) is 17.1. The number of carboxylic acid groups (broad SMARTS) is 1. The number of pyridine rings is 2. The molecule has 0 bridgehead atoms. The highest BCUT2D eigenvalue weighted by molar-refractivity contribution is 7.99. The summed E-state index contributed by atoms with van der Waals surface area (Å²) in [6.45, 7) is 0. The van der Waals surface area contributed by atoms with Crippen molar-refractivity contribution in [3.05, 3.63) is 64.6 Å². The second-order valence-corrected chi connectivity index (χ2v) is 8.89. The molecular weight excluding hydrogens is 414 g/mol. The van der Waals surface area contributed by atoms with Crippen LogP contribution in [-0.4, -0.2) is 31.5 Å². The average molecular weight is 431 g/mol. The van der Waals surface area contributed by atoms with Crippen LogP contribution < -0.4 is 5.56 Å². The number of aliphatic carboxylic acids is 1. The van der Waals surface area contributed by atoms with Crippen LogP contribution in [0.3, 0.4) is 0 Å². The normalized spacial score (nSPS) is 17.7. The molecule has 4 heterocycles. The first-order valence-electron chi connectivity index (χ1n) is 10.1. The quantitative estimate of drug-likeness (QED) is 0.514. The molecule has 1 aliphatic heterocycles. The Bertz CT molecular complexity index is 1410. The predicted octanol–water partition coefficient (Wildman–Crippen LogP) is 4.33. The second-order valence-electron chi connectivity index (χ2n) is 7.88. The van der Waals surface area contributed by atoms with Gasteiger partial charge in [-0.25, -0.2) is 4.79 Å². The molecule has 1 aromatic carbocycles. The van der Waals surface area contributed by atoms with Crippen LogP contribution in [0.15, 0.2) is 63.0 Å². The van der Waals surface area contributed by atoms with Crippen molar-refractivity contribution in [2.45, 2.75) is 29.8 Å². The molecular formula is C23H17N3O4S. The van der Waals surface area contributed by atoms with E-state index in [0.29, 0.717) is 23.1 Å². The minimum atomic E-state index is -0.977. The fourth-order valence-electron chi connectivity index (χ4n) is 4.29. The monoisotopic (exact) mass is 431 g/mol. The summed E-state index contributed by atoms with van der Waals surface area (Å²) < 4.78 is 7.15. The van der Waals surface area contributed by atoms with Gasteiger partial charge in [0.2, 0.25) is 0 Å². The standard InChI is InChI=1S/C23H17N3O4S/c27-20-9-15(21(12-5-6-12)22-26(20)18(11-31-22)23(28)29)19-10-17(25-30-19)14-7-8-24-16-4-2-1-3-13(14)16/h1-4,7-10,12,18H,5-6,11H2,(H,28,29). The zero-order valence-electron chi connectivity index (χ0n) is 16.3. The largest absolute Gasteiger partial charge is 0.480 e. The second kappa shape index (κ2) is 6.81. The molecule has 0 saturated heterocycles. The van der Waals surface area contributed by atoms with Gasteiger partial charge in [-0.15, -0.1) is 11.8 Å². The number of rotatable bonds is 4. The van der Waals surface area contributed by atoms with Crippen molar-refractivity contribution < 1.29 is 14.4 Å². The van der Waals surface area contributed by atoms with Crippen molar-refractivity contribution in [2.75, 3.05) is 5.75 Å². The van der Waals surface area contributed by atoms with Crippen LogP contribution in [0.5, 0.6) is 0 Å². The molecule has 0 spiro atoms. The first-order valence-corrected chi connectivity index (χ1v) is 11.1. The topological polar surface area (TPSA) is 98.2 Å². The van der Waals surface area contributed by atoms with Crippen LogP contribution in [0, 0.1) is 0 Å². The molecule has 1 atom stereocenters. The average Bonchev–Trinajstić information content (AvgIpc) is 3.31. The molecule has 1 N–H and O–H groups in total. The van der Waals surface area contributed by atoms with Gasteiger partial charge in [0.15, 0.2) is 5.76 Å². The third-order valence-corrected chi connectivity index (χ3v) is 7.08. The summed E-state index contributed by atoms with van der Waals surface area (Å²) in [4.78, 5) is 28.9. The number of thioether (sulfide) groups is 1. The molecule has 1 fully saturated rings. The highest BCUT2D eigenvalue weighted by atomic mass is 32.2. The number of carboxylic acids is 1. The van der Waals surface area contributed by atoms with Crippen LogP contribution in [0.25, 0.3) is 33.5 Å². The maximum atomic E-state index is 12.9. The van der Waals surface area contributed by atoms with E-state index in [2.05, 4.69) is 10.1 Å². The zero-order chi connectivity index (χ0) is 21.1. The summed E-state index contributed by atoms with van der Waals surface area (Å²) in [5, 5.41) is 15.5. The first-order chi connectivity index (χ1) is 15.1. The van der Waals surface area contributed by atoms with Gasteiger partial charge in [-0.2, -0.15) is 0 Å². The van der Waals surface area contributed by atoms with Crippen molar-refractivity contribution in [1.82, 2.24) is 14.7 Å². The Morgan fingerprint density at radius 2 is 2.00 bits per heavy atom. The van der Waals surface area contributed by atoms with Crippen LogP contribution in [-0.2, 0) is 4.79 Å². The SMILES string of the molecule is O=C(O)C1CSc2c(C3CC3)c(-c3cc(-c4ccnc5ccccc45)no3)cc(=O)n21. The molecule has 4 aromatic rings. The van der Waals surface area contributed by atoms with E-state index in [9.17, 15) is 14.7 Å². The molecule has 7 nitrogen and oxygen atoms in total. The summed E-state index contributed by atoms with van der Waals surface area (Å²) in [5.74, 6) is 0.220. The van der Waals surface area contributed by atoms with Crippen LogP contribution in [0.2, 0.25) is 0 Å². The molecule has 1 unspecified atom stereocenters. The van der Waals surface area contributed by atoms with Gasteiger partial charge in [-0.3, -0.25) is 14.3 Å². The molecule has 3 aromatic heterocycles. The van der Waals surface area contributed by atoms with Gasteiger partial charge in [0.1, 0.15) is 11.7 Å². The smallest absolute Gasteiger partial charge is 0.327 e. The Morgan fingerprint density at radius 3 is 2.81 bits per heavy atom. The predicted molar refractivity (Wildman–Crippen MR) is 116 cm³/mol. The Kier molecular flexibility index (Phi) is 4.04. The van der Waals surface area contributed by atoms with Crippen molar-refractivity contribution in [3.63, 3.8) is 0 Å². The number of fused-ring (bicyclic) bond motifs is 2. The van der Waals surface area contributed by atoms with Gasteiger partial charge in [0.05, 0.1) is 10.5 Å². The molecule has 31 heavy (non-hydrogen) atoms. The van der Waals surface area contributed by atoms with Crippen LogP contribution >= 0.6 is 11.8 Å². The van der Waals surface area contributed by atoms with E-state index in [4.69, 9.17) is 4.52 Å². The minimum absolute atomic E-state index is 0.312. The summed E-state index contributed by atoms with van der Waals surface area (Å²) in [7, 11) is 0. The number of hydrogen-bond acceptors (Lipinski definition) is 6.